The van der Waals surface area contributed by atoms with E-state index >= 15 is 0 Å². The van der Waals surface area contributed by atoms with Crippen molar-refractivity contribution in [1.82, 2.24) is 4.98 Å². The summed E-state index contributed by atoms with van der Waals surface area (Å²) in [6.07, 6.45) is 0.788. The van der Waals surface area contributed by atoms with E-state index < -0.39 is 5.82 Å². The second kappa shape index (κ2) is 7.95. The van der Waals surface area contributed by atoms with Crippen LogP contribution in [0.5, 0.6) is 0 Å². The van der Waals surface area contributed by atoms with E-state index in [-0.39, 0.29) is 17.4 Å². The van der Waals surface area contributed by atoms with Crippen molar-refractivity contribution < 1.29 is 9.18 Å². The van der Waals surface area contributed by atoms with Crippen LogP contribution in [0.15, 0.2) is 47.8 Å². The first-order valence-electron chi connectivity index (χ1n) is 7.42. The van der Waals surface area contributed by atoms with Crippen molar-refractivity contribution in [2.24, 2.45) is 0 Å². The van der Waals surface area contributed by atoms with E-state index in [9.17, 15) is 9.18 Å². The zero-order valence-electron chi connectivity index (χ0n) is 12.9. The molecule has 0 radical (unpaired) electrons. The number of hydrogen-bond acceptors (Lipinski definition) is 3. The van der Waals surface area contributed by atoms with Crippen LogP contribution < -0.4 is 5.32 Å². The van der Waals surface area contributed by atoms with Gasteiger partial charge in [0.05, 0.1) is 27.8 Å². The van der Waals surface area contributed by atoms with Crippen LogP contribution in [0.2, 0.25) is 10.0 Å². The maximum Gasteiger partial charge on any atom is 0.230 e. The van der Waals surface area contributed by atoms with Crippen molar-refractivity contribution in [3.05, 3.63) is 80.0 Å². The van der Waals surface area contributed by atoms with Gasteiger partial charge in [0.25, 0.3) is 0 Å². The summed E-state index contributed by atoms with van der Waals surface area (Å²) in [6, 6.07) is 11.4. The molecule has 3 nitrogen and oxygen atoms in total. The summed E-state index contributed by atoms with van der Waals surface area (Å²) in [6.45, 7) is 0. The Kier molecular flexibility index (Phi) is 5.68. The number of anilines is 1. The highest BCUT2D eigenvalue weighted by Gasteiger charge is 2.11. The summed E-state index contributed by atoms with van der Waals surface area (Å²) in [5, 5.41) is 6.27. The lowest BCUT2D eigenvalue weighted by Crippen LogP contribution is -2.15. The lowest BCUT2D eigenvalue weighted by Gasteiger charge is -2.06. The minimum atomic E-state index is -0.451. The van der Waals surface area contributed by atoms with Crippen LogP contribution in [0.3, 0.4) is 0 Å². The first-order chi connectivity index (χ1) is 12.0. The van der Waals surface area contributed by atoms with E-state index in [4.69, 9.17) is 23.2 Å². The number of aromatic nitrogens is 1. The third-order valence-corrected chi connectivity index (χ3v) is 4.84. The SMILES string of the molecule is O=C(Cc1csc(Cc2cccc(Cl)c2)n1)Nc1ccc(F)cc1Cl. The molecule has 2 aromatic carbocycles. The number of halogens is 3. The molecule has 0 fully saturated rings. The van der Waals surface area contributed by atoms with Crippen LogP contribution in [0.4, 0.5) is 10.1 Å². The fraction of sp³-hybridized carbons (Fsp3) is 0.111. The molecule has 1 aromatic heterocycles. The van der Waals surface area contributed by atoms with Crippen LogP contribution in [-0.2, 0) is 17.6 Å². The number of hydrogen-bond donors (Lipinski definition) is 1. The van der Waals surface area contributed by atoms with Gasteiger partial charge >= 0.3 is 0 Å². The lowest BCUT2D eigenvalue weighted by molar-refractivity contribution is -0.115. The van der Waals surface area contributed by atoms with Crippen LogP contribution in [-0.4, -0.2) is 10.9 Å². The molecule has 3 aromatic rings. The molecular formula is C18H13Cl2FN2OS. The standard InChI is InChI=1S/C18H13Cl2FN2OS/c19-12-3-1-2-11(6-12)7-18-22-14(10-25-18)9-17(24)23-16-5-4-13(21)8-15(16)20/h1-6,8,10H,7,9H2,(H,23,24). The average molecular weight is 395 g/mol. The van der Waals surface area contributed by atoms with E-state index in [0.29, 0.717) is 22.8 Å². The third-order valence-electron chi connectivity index (χ3n) is 3.39. The largest absolute Gasteiger partial charge is 0.324 e. The van der Waals surface area contributed by atoms with Gasteiger partial charge in [-0.1, -0.05) is 35.3 Å². The van der Waals surface area contributed by atoms with Gasteiger partial charge in [-0.3, -0.25) is 4.79 Å². The Labute approximate surface area is 158 Å². The van der Waals surface area contributed by atoms with Crippen LogP contribution in [0, 0.1) is 5.82 Å². The molecule has 7 heteroatoms. The van der Waals surface area contributed by atoms with Crippen molar-refractivity contribution in [3.63, 3.8) is 0 Å². The van der Waals surface area contributed by atoms with Crippen molar-refractivity contribution in [3.8, 4) is 0 Å². The van der Waals surface area contributed by atoms with Crippen LogP contribution in [0.1, 0.15) is 16.3 Å². The third kappa shape index (κ3) is 5.01. The van der Waals surface area contributed by atoms with Gasteiger partial charge < -0.3 is 5.32 Å². The molecule has 1 heterocycles. The lowest BCUT2D eigenvalue weighted by atomic mass is 10.2. The van der Waals surface area contributed by atoms with E-state index in [1.54, 1.807) is 0 Å². The van der Waals surface area contributed by atoms with Gasteiger partial charge in [-0.2, -0.15) is 0 Å². The zero-order chi connectivity index (χ0) is 17.8. The smallest absolute Gasteiger partial charge is 0.230 e. The summed E-state index contributed by atoms with van der Waals surface area (Å²) in [5.74, 6) is -0.707. The molecule has 0 aliphatic heterocycles. The number of carbonyl (C=O) groups is 1. The van der Waals surface area contributed by atoms with Gasteiger partial charge in [0, 0.05) is 16.8 Å². The molecule has 3 rings (SSSR count). The number of carbonyl (C=O) groups excluding carboxylic acids is 1. The molecule has 0 saturated carbocycles. The average Bonchev–Trinajstić information content (AvgIpc) is 2.97. The summed E-state index contributed by atoms with van der Waals surface area (Å²) in [4.78, 5) is 16.6. The monoisotopic (exact) mass is 394 g/mol. The molecule has 1 amide bonds. The van der Waals surface area contributed by atoms with Crippen LogP contribution >= 0.6 is 34.5 Å². The second-order valence-corrected chi connectivity index (χ2v) is 7.17. The van der Waals surface area contributed by atoms with E-state index in [0.717, 1.165) is 16.6 Å². The zero-order valence-corrected chi connectivity index (χ0v) is 15.3. The number of thiazole rings is 1. The Hall–Kier alpha value is -1.95. The maximum atomic E-state index is 13.0. The molecule has 0 atom stereocenters. The summed E-state index contributed by atoms with van der Waals surface area (Å²) in [7, 11) is 0. The molecule has 0 spiro atoms. The van der Waals surface area contributed by atoms with Crippen LogP contribution in [0.25, 0.3) is 0 Å². The molecule has 0 unspecified atom stereocenters. The molecule has 0 aliphatic carbocycles. The Balaban J connectivity index is 1.61. The van der Waals surface area contributed by atoms with Crippen molar-refractivity contribution >= 4 is 46.1 Å². The number of amides is 1. The van der Waals surface area contributed by atoms with Crippen molar-refractivity contribution in [1.29, 1.82) is 0 Å². The molecule has 128 valence electrons. The molecular weight excluding hydrogens is 382 g/mol. The minimum Gasteiger partial charge on any atom is -0.324 e. The first kappa shape index (κ1) is 17.9. The van der Waals surface area contributed by atoms with E-state index in [1.807, 2.05) is 29.6 Å². The number of nitrogens with one attached hydrogen (secondary N) is 1. The van der Waals surface area contributed by atoms with Crippen molar-refractivity contribution in [2.45, 2.75) is 12.8 Å². The maximum absolute atomic E-state index is 13.0. The fourth-order valence-electron chi connectivity index (χ4n) is 2.28. The molecule has 0 bridgehead atoms. The van der Waals surface area contributed by atoms with E-state index in [1.165, 1.54) is 23.5 Å². The summed E-state index contributed by atoms with van der Waals surface area (Å²) in [5.41, 5.74) is 2.12. The Bertz CT molecular complexity index is 914. The molecule has 0 aliphatic rings. The van der Waals surface area contributed by atoms with E-state index in [2.05, 4.69) is 10.3 Å². The normalized spacial score (nSPS) is 10.7. The first-order valence-corrected chi connectivity index (χ1v) is 9.06. The van der Waals surface area contributed by atoms with Gasteiger partial charge in [-0.25, -0.2) is 9.37 Å². The second-order valence-electron chi connectivity index (χ2n) is 5.39. The van der Waals surface area contributed by atoms with Gasteiger partial charge in [0.1, 0.15) is 5.82 Å². The quantitative estimate of drug-likeness (QED) is 0.632. The summed E-state index contributed by atoms with van der Waals surface area (Å²) >= 11 is 13.4. The highest BCUT2D eigenvalue weighted by molar-refractivity contribution is 7.09. The predicted molar refractivity (Wildman–Crippen MR) is 100 cm³/mol. The van der Waals surface area contributed by atoms with Gasteiger partial charge in [0.2, 0.25) is 5.91 Å². The Morgan fingerprint density at radius 1 is 1.20 bits per heavy atom. The molecule has 25 heavy (non-hydrogen) atoms. The molecule has 1 N–H and O–H groups in total. The Morgan fingerprint density at radius 3 is 2.80 bits per heavy atom. The Morgan fingerprint density at radius 2 is 2.04 bits per heavy atom. The number of rotatable bonds is 5. The highest BCUT2D eigenvalue weighted by atomic mass is 35.5. The fourth-order valence-corrected chi connectivity index (χ4v) is 3.54. The minimum absolute atomic E-state index is 0.125. The number of nitrogens with zero attached hydrogens (tertiary/aromatic N) is 1. The van der Waals surface area contributed by atoms with Crippen molar-refractivity contribution in [2.75, 3.05) is 5.32 Å². The number of benzene rings is 2. The predicted octanol–water partition coefficient (Wildman–Crippen LogP) is 5.36. The van der Waals surface area contributed by atoms with Gasteiger partial charge in [0.15, 0.2) is 0 Å². The topological polar surface area (TPSA) is 42.0 Å². The summed E-state index contributed by atoms with van der Waals surface area (Å²) < 4.78 is 13.0. The highest BCUT2D eigenvalue weighted by Crippen LogP contribution is 2.23. The van der Waals surface area contributed by atoms with Gasteiger partial charge in [-0.05, 0) is 35.9 Å². The van der Waals surface area contributed by atoms with Gasteiger partial charge in [-0.15, -0.1) is 11.3 Å². The molecule has 0 saturated heterocycles.